The van der Waals surface area contributed by atoms with Gasteiger partial charge in [-0.3, -0.25) is 4.79 Å². The summed E-state index contributed by atoms with van der Waals surface area (Å²) in [6, 6.07) is 8.06. The highest BCUT2D eigenvalue weighted by molar-refractivity contribution is 7.99. The van der Waals surface area contributed by atoms with Gasteiger partial charge in [0.25, 0.3) is 0 Å². The van der Waals surface area contributed by atoms with E-state index in [1.165, 1.54) is 0 Å². The van der Waals surface area contributed by atoms with Crippen molar-refractivity contribution in [2.24, 2.45) is 0 Å². The van der Waals surface area contributed by atoms with Crippen LogP contribution in [0, 0.1) is 0 Å². The molecule has 0 spiro atoms. The maximum Gasteiger partial charge on any atom is 0.317 e. The van der Waals surface area contributed by atoms with E-state index in [0.29, 0.717) is 19.6 Å². The van der Waals surface area contributed by atoms with Gasteiger partial charge in [0.1, 0.15) is 0 Å². The number of amides is 3. The summed E-state index contributed by atoms with van der Waals surface area (Å²) < 4.78 is 0. The van der Waals surface area contributed by atoms with Gasteiger partial charge in [0, 0.05) is 49.9 Å². The zero-order valence-corrected chi connectivity index (χ0v) is 13.9. The van der Waals surface area contributed by atoms with Gasteiger partial charge in [-0.15, -0.1) is 0 Å². The Balaban J connectivity index is 1.51. The molecular formula is C16H22N4O2S. The summed E-state index contributed by atoms with van der Waals surface area (Å²) in [6.45, 7) is 4.10. The second kappa shape index (κ2) is 7.59. The lowest BCUT2D eigenvalue weighted by molar-refractivity contribution is -0.120. The molecule has 0 radical (unpaired) electrons. The van der Waals surface area contributed by atoms with Crippen LogP contribution >= 0.6 is 11.8 Å². The minimum Gasteiger partial charge on any atom is -0.360 e. The Kier molecular flexibility index (Phi) is 5.27. The van der Waals surface area contributed by atoms with Gasteiger partial charge in [0.15, 0.2) is 0 Å². The highest BCUT2D eigenvalue weighted by Crippen LogP contribution is 2.16. The number of carbonyl (C=O) groups excluding carboxylic acids is 2. The summed E-state index contributed by atoms with van der Waals surface area (Å²) in [4.78, 5) is 27.4. The number of nitrogens with zero attached hydrogens (tertiary/aromatic N) is 2. The third-order valence-electron chi connectivity index (χ3n) is 4.08. The average molecular weight is 334 g/mol. The van der Waals surface area contributed by atoms with Crippen molar-refractivity contribution in [3.8, 4) is 0 Å². The highest BCUT2D eigenvalue weighted by Gasteiger charge is 2.17. The molecular weight excluding hydrogens is 312 g/mol. The van der Waals surface area contributed by atoms with E-state index in [0.717, 1.165) is 42.4 Å². The van der Waals surface area contributed by atoms with Gasteiger partial charge in [0.2, 0.25) is 5.91 Å². The van der Waals surface area contributed by atoms with Crippen molar-refractivity contribution >= 4 is 29.4 Å². The molecule has 2 fully saturated rings. The van der Waals surface area contributed by atoms with Crippen molar-refractivity contribution in [3.63, 3.8) is 0 Å². The predicted octanol–water partition coefficient (Wildman–Crippen LogP) is 0.881. The van der Waals surface area contributed by atoms with Crippen molar-refractivity contribution in [3.05, 3.63) is 29.8 Å². The van der Waals surface area contributed by atoms with Crippen LogP contribution in [0.2, 0.25) is 0 Å². The maximum absolute atomic E-state index is 12.1. The Labute approximate surface area is 140 Å². The standard InChI is InChI=1S/C16H22N4O2S/c21-15-12-20(6-5-17-15)14-3-1-13(2-4-14)11-18-16(22)19-7-9-23-10-8-19/h1-4H,5-12H2,(H,17,21)(H,18,22). The highest BCUT2D eigenvalue weighted by atomic mass is 32.2. The molecule has 2 N–H and O–H groups in total. The molecule has 3 amide bonds. The lowest BCUT2D eigenvalue weighted by Gasteiger charge is -2.28. The number of benzene rings is 1. The third-order valence-corrected chi connectivity index (χ3v) is 5.02. The van der Waals surface area contributed by atoms with E-state index in [2.05, 4.69) is 15.5 Å². The molecule has 0 bridgehead atoms. The number of nitrogens with one attached hydrogen (secondary N) is 2. The van der Waals surface area contributed by atoms with E-state index in [4.69, 9.17) is 0 Å². The molecule has 0 atom stereocenters. The normalized spacial score (nSPS) is 18.5. The topological polar surface area (TPSA) is 64.7 Å². The summed E-state index contributed by atoms with van der Waals surface area (Å²) in [6.07, 6.45) is 0. The van der Waals surface area contributed by atoms with Crippen LogP contribution in [0.1, 0.15) is 5.56 Å². The van der Waals surface area contributed by atoms with Gasteiger partial charge in [-0.05, 0) is 17.7 Å². The Bertz CT molecular complexity index is 558. The zero-order chi connectivity index (χ0) is 16.1. The summed E-state index contributed by atoms with van der Waals surface area (Å²) in [5.74, 6) is 2.10. The Morgan fingerprint density at radius 3 is 2.61 bits per heavy atom. The molecule has 2 heterocycles. The number of hydrogen-bond donors (Lipinski definition) is 2. The molecule has 1 aromatic carbocycles. The minimum atomic E-state index is 0.0158. The van der Waals surface area contributed by atoms with Crippen molar-refractivity contribution < 1.29 is 9.59 Å². The first-order chi connectivity index (χ1) is 11.2. The van der Waals surface area contributed by atoms with Crippen molar-refractivity contribution in [1.29, 1.82) is 0 Å². The van der Waals surface area contributed by atoms with Crippen molar-refractivity contribution in [2.75, 3.05) is 49.1 Å². The van der Waals surface area contributed by atoms with Crippen LogP contribution in [0.3, 0.4) is 0 Å². The zero-order valence-electron chi connectivity index (χ0n) is 13.1. The fraction of sp³-hybridized carbons (Fsp3) is 0.500. The predicted molar refractivity (Wildman–Crippen MR) is 92.8 cm³/mol. The summed E-state index contributed by atoms with van der Waals surface area (Å²) in [5.41, 5.74) is 2.11. The van der Waals surface area contributed by atoms with Crippen LogP contribution in [0.25, 0.3) is 0 Å². The van der Waals surface area contributed by atoms with Gasteiger partial charge in [-0.25, -0.2) is 4.79 Å². The molecule has 0 aromatic heterocycles. The van der Waals surface area contributed by atoms with E-state index in [9.17, 15) is 9.59 Å². The van der Waals surface area contributed by atoms with Crippen molar-refractivity contribution in [1.82, 2.24) is 15.5 Å². The molecule has 3 rings (SSSR count). The van der Waals surface area contributed by atoms with E-state index < -0.39 is 0 Å². The number of rotatable bonds is 3. The monoisotopic (exact) mass is 334 g/mol. The van der Waals surface area contributed by atoms with Gasteiger partial charge in [0.05, 0.1) is 6.54 Å². The van der Waals surface area contributed by atoms with Crippen LogP contribution in [-0.2, 0) is 11.3 Å². The first-order valence-electron chi connectivity index (χ1n) is 7.93. The first-order valence-corrected chi connectivity index (χ1v) is 9.09. The number of carbonyl (C=O) groups is 2. The smallest absolute Gasteiger partial charge is 0.317 e. The molecule has 0 aliphatic carbocycles. The molecule has 2 saturated heterocycles. The number of thioether (sulfide) groups is 1. The second-order valence-corrected chi connectivity index (χ2v) is 6.92. The van der Waals surface area contributed by atoms with Crippen LogP contribution in [-0.4, -0.2) is 61.1 Å². The van der Waals surface area contributed by atoms with Crippen LogP contribution < -0.4 is 15.5 Å². The first kappa shape index (κ1) is 16.0. The largest absolute Gasteiger partial charge is 0.360 e. The fourth-order valence-electron chi connectivity index (χ4n) is 2.74. The Hall–Kier alpha value is -1.89. The average Bonchev–Trinajstić information content (AvgIpc) is 2.61. The second-order valence-electron chi connectivity index (χ2n) is 5.70. The van der Waals surface area contributed by atoms with Gasteiger partial charge in [-0.2, -0.15) is 11.8 Å². The SMILES string of the molecule is O=C1CN(c2ccc(CNC(=O)N3CCSCC3)cc2)CCN1. The van der Waals surface area contributed by atoms with E-state index >= 15 is 0 Å². The van der Waals surface area contributed by atoms with E-state index in [1.54, 1.807) is 0 Å². The minimum absolute atomic E-state index is 0.0158. The van der Waals surface area contributed by atoms with Crippen LogP contribution in [0.15, 0.2) is 24.3 Å². The van der Waals surface area contributed by atoms with Crippen molar-refractivity contribution in [2.45, 2.75) is 6.54 Å². The number of hydrogen-bond acceptors (Lipinski definition) is 4. The lowest BCUT2D eigenvalue weighted by Crippen LogP contribution is -2.47. The molecule has 124 valence electrons. The molecule has 2 aliphatic heterocycles. The van der Waals surface area contributed by atoms with E-state index in [-0.39, 0.29) is 11.9 Å². The fourth-order valence-corrected chi connectivity index (χ4v) is 3.64. The molecule has 0 saturated carbocycles. The number of urea groups is 1. The summed E-state index contributed by atoms with van der Waals surface area (Å²) in [5, 5.41) is 5.80. The van der Waals surface area contributed by atoms with Crippen LogP contribution in [0.4, 0.5) is 10.5 Å². The summed E-state index contributed by atoms with van der Waals surface area (Å²) >= 11 is 1.89. The van der Waals surface area contributed by atoms with Crippen LogP contribution in [0.5, 0.6) is 0 Å². The Morgan fingerprint density at radius 1 is 1.17 bits per heavy atom. The molecule has 0 unspecified atom stereocenters. The molecule has 2 aliphatic rings. The summed E-state index contributed by atoms with van der Waals surface area (Å²) in [7, 11) is 0. The maximum atomic E-state index is 12.1. The molecule has 23 heavy (non-hydrogen) atoms. The quantitative estimate of drug-likeness (QED) is 0.861. The van der Waals surface area contributed by atoms with Gasteiger partial charge in [-0.1, -0.05) is 12.1 Å². The van der Waals surface area contributed by atoms with E-state index in [1.807, 2.05) is 40.9 Å². The lowest BCUT2D eigenvalue weighted by atomic mass is 10.2. The number of anilines is 1. The Morgan fingerprint density at radius 2 is 1.91 bits per heavy atom. The molecule has 7 heteroatoms. The molecule has 1 aromatic rings. The third kappa shape index (κ3) is 4.31. The number of piperazine rings is 1. The van der Waals surface area contributed by atoms with Gasteiger partial charge < -0.3 is 20.4 Å². The van der Waals surface area contributed by atoms with Gasteiger partial charge >= 0.3 is 6.03 Å². The molecule has 6 nitrogen and oxygen atoms in total.